The van der Waals surface area contributed by atoms with Crippen molar-refractivity contribution in [2.75, 3.05) is 19.0 Å². The van der Waals surface area contributed by atoms with Gasteiger partial charge in [0.1, 0.15) is 5.75 Å². The molecule has 1 aromatic heterocycles. The van der Waals surface area contributed by atoms with Crippen molar-refractivity contribution in [3.8, 4) is 5.75 Å². The van der Waals surface area contributed by atoms with E-state index in [4.69, 9.17) is 4.74 Å². The van der Waals surface area contributed by atoms with Crippen LogP contribution in [-0.2, 0) is 6.54 Å². The van der Waals surface area contributed by atoms with Gasteiger partial charge in [-0.15, -0.1) is 0 Å². The molecule has 4 heteroatoms. The van der Waals surface area contributed by atoms with E-state index in [1.54, 1.807) is 7.11 Å². The largest absolute Gasteiger partial charge is 0.497 e. The molecule has 4 nitrogen and oxygen atoms in total. The lowest BCUT2D eigenvalue weighted by Gasteiger charge is -2.27. The summed E-state index contributed by atoms with van der Waals surface area (Å²) in [6, 6.07) is 18.4. The van der Waals surface area contributed by atoms with Gasteiger partial charge in [0.25, 0.3) is 0 Å². The molecule has 2 aromatic carbocycles. The summed E-state index contributed by atoms with van der Waals surface area (Å²) in [5.41, 5.74) is 3.16. The molecule has 0 aliphatic rings. The third kappa shape index (κ3) is 4.48. The van der Waals surface area contributed by atoms with Gasteiger partial charge in [0.05, 0.1) is 18.3 Å². The highest BCUT2D eigenvalue weighted by atomic mass is 16.5. The summed E-state index contributed by atoms with van der Waals surface area (Å²) in [5.74, 6) is 0.832. The molecule has 0 unspecified atom stereocenters. The van der Waals surface area contributed by atoms with Crippen LogP contribution in [0.4, 0.5) is 5.69 Å². The normalized spacial score (nSPS) is 11.5. The Morgan fingerprint density at radius 3 is 2.60 bits per heavy atom. The monoisotopic (exact) mass is 335 g/mol. The van der Waals surface area contributed by atoms with Crippen LogP contribution in [0.1, 0.15) is 19.4 Å². The fraction of sp³-hybridized carbons (Fsp3) is 0.286. The first kappa shape index (κ1) is 17.2. The molecular weight excluding hydrogens is 310 g/mol. The maximum atomic E-state index is 5.42. The van der Waals surface area contributed by atoms with E-state index in [1.165, 1.54) is 5.56 Å². The summed E-state index contributed by atoms with van der Waals surface area (Å²) in [4.78, 5) is 4.51. The average molecular weight is 335 g/mol. The third-order valence-corrected chi connectivity index (χ3v) is 4.25. The lowest BCUT2D eigenvalue weighted by atomic mass is 10.0. The van der Waals surface area contributed by atoms with Gasteiger partial charge >= 0.3 is 0 Å². The van der Waals surface area contributed by atoms with E-state index in [9.17, 15) is 0 Å². The van der Waals surface area contributed by atoms with Crippen molar-refractivity contribution in [1.29, 1.82) is 0 Å². The minimum Gasteiger partial charge on any atom is -0.497 e. The molecule has 0 atom stereocenters. The standard InChI is InChI=1S/C21H25N3O/c1-21(2,24-14-16-8-5-4-6-9-16)15-23-19-13-18(25-3)12-17-10-7-11-22-20(17)19/h4-13,23-24H,14-15H2,1-3H3. The molecule has 0 spiro atoms. The zero-order valence-electron chi connectivity index (χ0n) is 15.0. The number of ether oxygens (including phenoxy) is 1. The summed E-state index contributed by atoms with van der Waals surface area (Å²) in [5, 5.41) is 8.21. The number of hydrogen-bond acceptors (Lipinski definition) is 4. The zero-order valence-corrected chi connectivity index (χ0v) is 15.0. The predicted molar refractivity (Wildman–Crippen MR) is 104 cm³/mol. The van der Waals surface area contributed by atoms with Gasteiger partial charge in [0.15, 0.2) is 0 Å². The summed E-state index contributed by atoms with van der Waals surface area (Å²) >= 11 is 0. The van der Waals surface area contributed by atoms with Crippen LogP contribution < -0.4 is 15.4 Å². The maximum absolute atomic E-state index is 5.42. The van der Waals surface area contributed by atoms with E-state index < -0.39 is 0 Å². The molecule has 0 aliphatic heterocycles. The van der Waals surface area contributed by atoms with E-state index in [0.717, 1.165) is 35.4 Å². The second-order valence-electron chi connectivity index (χ2n) is 6.83. The van der Waals surface area contributed by atoms with Crippen molar-refractivity contribution < 1.29 is 4.74 Å². The number of benzene rings is 2. The molecule has 0 aliphatic carbocycles. The van der Waals surface area contributed by atoms with Crippen molar-refractivity contribution in [1.82, 2.24) is 10.3 Å². The zero-order chi connectivity index (χ0) is 17.7. The van der Waals surface area contributed by atoms with Crippen molar-refractivity contribution in [3.63, 3.8) is 0 Å². The van der Waals surface area contributed by atoms with Crippen molar-refractivity contribution in [3.05, 3.63) is 66.4 Å². The molecule has 0 bridgehead atoms. The fourth-order valence-electron chi connectivity index (χ4n) is 2.73. The summed E-state index contributed by atoms with van der Waals surface area (Å²) < 4.78 is 5.42. The number of nitrogens with one attached hydrogen (secondary N) is 2. The molecule has 0 fully saturated rings. The summed E-state index contributed by atoms with van der Waals surface area (Å²) in [6.45, 7) is 6.00. The number of fused-ring (bicyclic) bond motifs is 1. The number of pyridine rings is 1. The van der Waals surface area contributed by atoms with E-state index >= 15 is 0 Å². The number of nitrogens with zero attached hydrogens (tertiary/aromatic N) is 1. The molecule has 130 valence electrons. The summed E-state index contributed by atoms with van der Waals surface area (Å²) in [7, 11) is 1.69. The highest BCUT2D eigenvalue weighted by Gasteiger charge is 2.17. The van der Waals surface area contributed by atoms with Gasteiger partial charge < -0.3 is 15.4 Å². The number of rotatable bonds is 7. The van der Waals surface area contributed by atoms with Gasteiger partial charge in [-0.1, -0.05) is 36.4 Å². The van der Waals surface area contributed by atoms with Crippen LogP contribution >= 0.6 is 0 Å². The topological polar surface area (TPSA) is 46.2 Å². The van der Waals surface area contributed by atoms with Crippen molar-refractivity contribution in [2.45, 2.75) is 25.9 Å². The highest BCUT2D eigenvalue weighted by molar-refractivity contribution is 5.91. The Balaban J connectivity index is 1.70. The van der Waals surface area contributed by atoms with Gasteiger partial charge in [0.2, 0.25) is 0 Å². The van der Waals surface area contributed by atoms with Gasteiger partial charge in [-0.05, 0) is 31.5 Å². The van der Waals surface area contributed by atoms with E-state index in [-0.39, 0.29) is 5.54 Å². The first-order chi connectivity index (χ1) is 12.1. The first-order valence-corrected chi connectivity index (χ1v) is 8.53. The number of aromatic nitrogens is 1. The Bertz CT molecular complexity index is 831. The third-order valence-electron chi connectivity index (χ3n) is 4.25. The lowest BCUT2D eigenvalue weighted by Crippen LogP contribution is -2.44. The maximum Gasteiger partial charge on any atom is 0.121 e. The minimum atomic E-state index is -0.0694. The molecule has 2 N–H and O–H groups in total. The second-order valence-corrected chi connectivity index (χ2v) is 6.83. The second kappa shape index (κ2) is 7.53. The number of anilines is 1. The van der Waals surface area contributed by atoms with Crippen LogP contribution in [0.3, 0.4) is 0 Å². The van der Waals surface area contributed by atoms with E-state index in [1.807, 2.05) is 30.5 Å². The van der Waals surface area contributed by atoms with Crippen molar-refractivity contribution in [2.24, 2.45) is 0 Å². The minimum absolute atomic E-state index is 0.0694. The smallest absolute Gasteiger partial charge is 0.121 e. The summed E-state index contributed by atoms with van der Waals surface area (Å²) in [6.07, 6.45) is 1.82. The van der Waals surface area contributed by atoms with Crippen molar-refractivity contribution >= 4 is 16.6 Å². The quantitative estimate of drug-likeness (QED) is 0.678. The number of methoxy groups -OCH3 is 1. The Labute approximate surface area is 149 Å². The van der Waals surface area contributed by atoms with Gasteiger partial charge in [-0.3, -0.25) is 4.98 Å². The lowest BCUT2D eigenvalue weighted by molar-refractivity contribution is 0.406. The molecule has 0 saturated heterocycles. The Hall–Kier alpha value is -2.59. The van der Waals surface area contributed by atoms with Crippen LogP contribution in [0.15, 0.2) is 60.8 Å². The average Bonchev–Trinajstić information content (AvgIpc) is 2.65. The van der Waals surface area contributed by atoms with Crippen LogP contribution in [-0.4, -0.2) is 24.2 Å². The predicted octanol–water partition coefficient (Wildman–Crippen LogP) is 4.22. The molecule has 0 saturated carbocycles. The SMILES string of the molecule is COc1cc(NCC(C)(C)NCc2ccccc2)c2ncccc2c1. The van der Waals surface area contributed by atoms with Crippen LogP contribution in [0.2, 0.25) is 0 Å². The first-order valence-electron chi connectivity index (χ1n) is 8.53. The molecule has 3 rings (SSSR count). The molecule has 1 heterocycles. The molecule has 25 heavy (non-hydrogen) atoms. The van der Waals surface area contributed by atoms with Crippen LogP contribution in [0, 0.1) is 0 Å². The van der Waals surface area contributed by atoms with Gasteiger partial charge in [-0.25, -0.2) is 0 Å². The van der Waals surface area contributed by atoms with E-state index in [2.05, 4.69) is 59.8 Å². The molecule has 3 aromatic rings. The van der Waals surface area contributed by atoms with E-state index in [0.29, 0.717) is 0 Å². The van der Waals surface area contributed by atoms with Gasteiger partial charge in [-0.2, -0.15) is 0 Å². The number of hydrogen-bond donors (Lipinski definition) is 2. The highest BCUT2D eigenvalue weighted by Crippen LogP contribution is 2.28. The Morgan fingerprint density at radius 1 is 1.04 bits per heavy atom. The van der Waals surface area contributed by atoms with Gasteiger partial charge in [0, 0.05) is 36.3 Å². The van der Waals surface area contributed by atoms with Crippen LogP contribution in [0.5, 0.6) is 5.75 Å². The molecule has 0 radical (unpaired) electrons. The van der Waals surface area contributed by atoms with Crippen LogP contribution in [0.25, 0.3) is 10.9 Å². The molecule has 0 amide bonds. The Morgan fingerprint density at radius 2 is 1.84 bits per heavy atom. The fourth-order valence-corrected chi connectivity index (χ4v) is 2.73. The Kier molecular flexibility index (Phi) is 5.19. The molecular formula is C21H25N3O.